The molecule has 2 atom stereocenters. The van der Waals surface area contributed by atoms with Crippen LogP contribution in [-0.2, 0) is 15.9 Å². The second-order valence-electron chi connectivity index (χ2n) is 8.49. The first-order valence-electron chi connectivity index (χ1n) is 10.3. The number of phenolic OH excluding ortho intramolecular Hbond substituents is 2. The van der Waals surface area contributed by atoms with Crippen LogP contribution in [0.4, 0.5) is 16.3 Å². The van der Waals surface area contributed by atoms with Gasteiger partial charge in [-0.15, -0.1) is 0 Å². The third kappa shape index (κ3) is 6.43. The van der Waals surface area contributed by atoms with Gasteiger partial charge in [-0.25, -0.2) is 14.8 Å². The number of carbonyl (C=O) groups excluding carboxylic acids is 1. The molecule has 3 rings (SSSR count). The number of aromatic nitrogens is 2. The average molecular weight is 456 g/mol. The summed E-state index contributed by atoms with van der Waals surface area (Å²) < 4.78 is 10.3. The van der Waals surface area contributed by atoms with Gasteiger partial charge in [0.25, 0.3) is 0 Å². The molecule has 0 fully saturated rings. The number of aliphatic hydroxyl groups excluding tert-OH is 1. The molecule has 0 radical (unpaired) electrons. The van der Waals surface area contributed by atoms with Crippen molar-refractivity contribution in [2.45, 2.75) is 45.1 Å². The summed E-state index contributed by atoms with van der Waals surface area (Å²) in [5.74, 6) is -0.0671. The van der Waals surface area contributed by atoms with Crippen molar-refractivity contribution in [1.29, 1.82) is 0 Å². The predicted molar refractivity (Wildman–Crippen MR) is 122 cm³/mol. The van der Waals surface area contributed by atoms with E-state index in [9.17, 15) is 20.1 Å². The van der Waals surface area contributed by atoms with E-state index in [0.717, 1.165) is 11.3 Å². The van der Waals surface area contributed by atoms with Crippen LogP contribution in [0.1, 0.15) is 26.3 Å². The van der Waals surface area contributed by atoms with Crippen LogP contribution in [0.3, 0.4) is 0 Å². The van der Waals surface area contributed by atoms with E-state index in [0.29, 0.717) is 23.1 Å². The fourth-order valence-electron chi connectivity index (χ4n) is 3.14. The second kappa shape index (κ2) is 9.88. The topological polar surface area (TPSA) is 146 Å². The van der Waals surface area contributed by atoms with E-state index in [1.807, 2.05) is 24.3 Å². The highest BCUT2D eigenvalue weighted by Gasteiger charge is 2.25. The van der Waals surface area contributed by atoms with Crippen molar-refractivity contribution in [2.75, 3.05) is 12.4 Å². The Kier molecular flexibility index (Phi) is 7.19. The Labute approximate surface area is 191 Å². The van der Waals surface area contributed by atoms with E-state index >= 15 is 0 Å². The average Bonchev–Trinajstić information content (AvgIpc) is 2.74. The molecule has 33 heavy (non-hydrogen) atoms. The van der Waals surface area contributed by atoms with Crippen LogP contribution in [0.15, 0.2) is 42.7 Å². The molecule has 1 aromatic heterocycles. The number of amides is 1. The Morgan fingerprint density at radius 2 is 1.76 bits per heavy atom. The Hall–Kier alpha value is -3.63. The molecule has 0 aliphatic heterocycles. The molecular formula is C23H28N4O6. The Morgan fingerprint density at radius 1 is 1.09 bits per heavy atom. The molecule has 5 N–H and O–H groups in total. The number of benzene rings is 2. The van der Waals surface area contributed by atoms with E-state index in [1.54, 1.807) is 20.8 Å². The fraction of sp³-hybridized carbons (Fsp3) is 0.348. The summed E-state index contributed by atoms with van der Waals surface area (Å²) in [5.41, 5.74) is 1.37. The molecular weight excluding hydrogens is 428 g/mol. The van der Waals surface area contributed by atoms with E-state index in [-0.39, 0.29) is 11.5 Å². The number of rotatable bonds is 7. The largest absolute Gasteiger partial charge is 0.504 e. The lowest BCUT2D eigenvalue weighted by molar-refractivity contribution is -0.0968. The van der Waals surface area contributed by atoms with Gasteiger partial charge in [-0.05, 0) is 51.0 Å². The van der Waals surface area contributed by atoms with Crippen molar-refractivity contribution in [3.63, 3.8) is 0 Å². The fourth-order valence-corrected chi connectivity index (χ4v) is 3.14. The summed E-state index contributed by atoms with van der Waals surface area (Å²) >= 11 is 0. The summed E-state index contributed by atoms with van der Waals surface area (Å²) in [4.78, 5) is 20.4. The van der Waals surface area contributed by atoms with Crippen LogP contribution in [0.2, 0.25) is 0 Å². The van der Waals surface area contributed by atoms with Gasteiger partial charge in [-0.2, -0.15) is 0 Å². The first-order chi connectivity index (χ1) is 15.6. The summed E-state index contributed by atoms with van der Waals surface area (Å²) in [6.45, 7) is 5.26. The highest BCUT2D eigenvalue weighted by molar-refractivity contribution is 5.92. The maximum Gasteiger partial charge on any atom is 0.408 e. The maximum absolute atomic E-state index is 12.1. The van der Waals surface area contributed by atoms with Crippen LogP contribution in [-0.4, -0.2) is 56.4 Å². The molecule has 0 saturated heterocycles. The SMILES string of the molecule is COC(O)[C@H](Cc1ccc(Nc2ncnc3cc(O)c(O)cc23)cc1)NC(=O)OC(C)(C)C. The van der Waals surface area contributed by atoms with Gasteiger partial charge in [0.05, 0.1) is 11.6 Å². The van der Waals surface area contributed by atoms with E-state index in [4.69, 9.17) is 9.47 Å². The van der Waals surface area contributed by atoms with Crippen molar-refractivity contribution < 1.29 is 29.6 Å². The molecule has 0 saturated carbocycles. The van der Waals surface area contributed by atoms with E-state index in [2.05, 4.69) is 20.6 Å². The monoisotopic (exact) mass is 456 g/mol. The van der Waals surface area contributed by atoms with E-state index < -0.39 is 24.0 Å². The van der Waals surface area contributed by atoms with Crippen LogP contribution in [0.25, 0.3) is 10.9 Å². The predicted octanol–water partition coefficient (Wildman–Crippen LogP) is 3.19. The Bertz CT molecular complexity index is 1110. The number of hydrogen-bond acceptors (Lipinski definition) is 9. The lowest BCUT2D eigenvalue weighted by Crippen LogP contribution is -2.47. The number of aliphatic hydroxyl groups is 1. The van der Waals surface area contributed by atoms with Crippen molar-refractivity contribution in [2.24, 2.45) is 0 Å². The van der Waals surface area contributed by atoms with Gasteiger partial charge >= 0.3 is 6.09 Å². The normalized spacial score (nSPS) is 13.4. The van der Waals surface area contributed by atoms with Gasteiger partial charge in [0, 0.05) is 24.2 Å². The number of nitrogens with zero attached hydrogens (tertiary/aromatic N) is 2. The maximum atomic E-state index is 12.1. The molecule has 10 heteroatoms. The minimum Gasteiger partial charge on any atom is -0.504 e. The van der Waals surface area contributed by atoms with E-state index in [1.165, 1.54) is 25.6 Å². The molecule has 1 heterocycles. The first kappa shape index (κ1) is 24.0. The van der Waals surface area contributed by atoms with Crippen molar-refractivity contribution in [1.82, 2.24) is 15.3 Å². The Morgan fingerprint density at radius 3 is 2.39 bits per heavy atom. The van der Waals surface area contributed by atoms with Gasteiger partial charge in [0.15, 0.2) is 17.8 Å². The number of carbonyl (C=O) groups is 1. The molecule has 1 amide bonds. The number of aromatic hydroxyl groups is 2. The number of alkyl carbamates (subject to hydrolysis) is 1. The van der Waals surface area contributed by atoms with Gasteiger partial charge in [-0.1, -0.05) is 12.1 Å². The molecule has 10 nitrogen and oxygen atoms in total. The highest BCUT2D eigenvalue weighted by Crippen LogP contribution is 2.32. The number of methoxy groups -OCH3 is 1. The number of anilines is 2. The number of hydrogen-bond donors (Lipinski definition) is 5. The van der Waals surface area contributed by atoms with Gasteiger partial charge < -0.3 is 35.4 Å². The van der Waals surface area contributed by atoms with Crippen molar-refractivity contribution in [3.05, 3.63) is 48.3 Å². The minimum atomic E-state index is -1.22. The van der Waals surface area contributed by atoms with Gasteiger partial charge in [0.1, 0.15) is 17.7 Å². The summed E-state index contributed by atoms with van der Waals surface area (Å²) in [5, 5.41) is 36.0. The second-order valence-corrected chi connectivity index (χ2v) is 8.49. The van der Waals surface area contributed by atoms with Crippen LogP contribution < -0.4 is 10.6 Å². The standard InChI is InChI=1S/C23H28N4O6/c1-23(2,3)33-22(31)27-17(21(30)32-4)9-13-5-7-14(8-6-13)26-20-15-10-18(28)19(29)11-16(15)24-12-25-20/h5-8,10-12,17,21,28-30H,9H2,1-4H3,(H,27,31)(H,24,25,26)/t17-,21?/m0/s1. The highest BCUT2D eigenvalue weighted by atomic mass is 16.6. The summed E-state index contributed by atoms with van der Waals surface area (Å²) in [6.07, 6.45) is -0.203. The molecule has 0 aliphatic rings. The lowest BCUT2D eigenvalue weighted by Gasteiger charge is -2.26. The molecule has 2 aromatic carbocycles. The number of phenols is 2. The quantitative estimate of drug-likeness (QED) is 0.267. The van der Waals surface area contributed by atoms with Gasteiger partial charge in [0.2, 0.25) is 0 Å². The smallest absolute Gasteiger partial charge is 0.408 e. The van der Waals surface area contributed by atoms with Crippen LogP contribution in [0.5, 0.6) is 11.5 Å². The minimum absolute atomic E-state index is 0.260. The molecule has 0 aliphatic carbocycles. The molecule has 176 valence electrons. The zero-order chi connectivity index (χ0) is 24.2. The molecule has 0 bridgehead atoms. The summed E-state index contributed by atoms with van der Waals surface area (Å²) in [7, 11) is 1.35. The summed E-state index contributed by atoms with van der Waals surface area (Å²) in [6, 6.07) is 9.33. The third-order valence-electron chi connectivity index (χ3n) is 4.69. The first-order valence-corrected chi connectivity index (χ1v) is 10.3. The number of nitrogens with one attached hydrogen (secondary N) is 2. The molecule has 3 aromatic rings. The van der Waals surface area contributed by atoms with Crippen LogP contribution in [0, 0.1) is 0 Å². The van der Waals surface area contributed by atoms with Crippen molar-refractivity contribution >= 4 is 28.5 Å². The Balaban J connectivity index is 1.73. The number of fused-ring (bicyclic) bond motifs is 1. The van der Waals surface area contributed by atoms with Crippen molar-refractivity contribution in [3.8, 4) is 11.5 Å². The number of ether oxygens (including phenoxy) is 2. The lowest BCUT2D eigenvalue weighted by atomic mass is 10.0. The zero-order valence-corrected chi connectivity index (χ0v) is 18.9. The molecule has 1 unspecified atom stereocenters. The van der Waals surface area contributed by atoms with Gasteiger partial charge in [-0.3, -0.25) is 0 Å². The third-order valence-corrected chi connectivity index (χ3v) is 4.69. The molecule has 0 spiro atoms. The zero-order valence-electron chi connectivity index (χ0n) is 18.9. The van der Waals surface area contributed by atoms with Crippen LogP contribution >= 0.6 is 0 Å².